The normalized spacial score (nSPS) is 11.3. The minimum Gasteiger partial charge on any atom is -0.361 e. The molecule has 0 aliphatic heterocycles. The largest absolute Gasteiger partial charge is 0.361 e. The van der Waals surface area contributed by atoms with Crippen molar-refractivity contribution in [2.45, 2.75) is 61.2 Å². The van der Waals surface area contributed by atoms with Crippen LogP contribution in [0, 0.1) is 41.5 Å². The lowest BCUT2D eigenvalue weighted by molar-refractivity contribution is 0.393. The van der Waals surface area contributed by atoms with E-state index in [-0.39, 0.29) is 5.69 Å². The third-order valence-corrected chi connectivity index (χ3v) is 13.9. The number of aromatic nitrogens is 10. The lowest BCUT2D eigenvalue weighted by Crippen LogP contribution is -2.17. The lowest BCUT2D eigenvalue weighted by Gasteiger charge is -2.11. The maximum absolute atomic E-state index is 12.4. The second-order valence-corrected chi connectivity index (χ2v) is 26.4. The first kappa shape index (κ1) is 57.7. The molecule has 16 nitrogen and oxygen atoms in total. The van der Waals surface area contributed by atoms with Crippen LogP contribution in [0.1, 0.15) is 51.1 Å². The van der Waals surface area contributed by atoms with Gasteiger partial charge >= 0.3 is 10.9 Å². The number of aromatic amines is 1. The zero-order chi connectivity index (χ0) is 58.4. The van der Waals surface area contributed by atoms with Gasteiger partial charge in [0.05, 0.1) is 81.7 Å². The molecule has 0 amide bonds. The zero-order valence-corrected chi connectivity index (χ0v) is 49.7. The van der Waals surface area contributed by atoms with Gasteiger partial charge in [-0.1, -0.05) is 125 Å². The Bertz CT molecular complexity index is 4410. The number of hydrogen-bond donors (Lipinski definition) is 2. The summed E-state index contributed by atoms with van der Waals surface area (Å²) in [6.45, 7) is 13.5. The lowest BCUT2D eigenvalue weighted by atomic mass is 10.0. The minimum absolute atomic E-state index is 0.107. The third-order valence-electron chi connectivity index (χ3n) is 13.7. The Morgan fingerprint density at radius 3 is 1.39 bits per heavy atom. The van der Waals surface area contributed by atoms with Gasteiger partial charge in [0.25, 0.3) is 0 Å². The fourth-order valence-electron chi connectivity index (χ4n) is 9.95. The molecule has 0 unspecified atom stereocenters. The van der Waals surface area contributed by atoms with Crippen LogP contribution < -0.4 is 11.0 Å². The van der Waals surface area contributed by atoms with E-state index in [1.54, 1.807) is 17.0 Å². The van der Waals surface area contributed by atoms with Gasteiger partial charge < -0.3 is 33.0 Å². The first-order valence-corrected chi connectivity index (χ1v) is 30.9. The van der Waals surface area contributed by atoms with Crippen molar-refractivity contribution in [2.75, 3.05) is 5.32 Å². The fraction of sp³-hybridized carbons (Fsp3) is 0.145. The summed E-state index contributed by atoms with van der Waals surface area (Å²) in [5.41, 5.74) is 18.6. The van der Waals surface area contributed by atoms with Crippen LogP contribution in [0.3, 0.4) is 0 Å². The molecular weight excluding hydrogens is 1150 g/mol. The van der Waals surface area contributed by atoms with E-state index in [2.05, 4.69) is 129 Å². The van der Waals surface area contributed by atoms with Crippen molar-refractivity contribution >= 4 is 95.3 Å². The summed E-state index contributed by atoms with van der Waals surface area (Å²) in [5, 5.41) is 12.9. The summed E-state index contributed by atoms with van der Waals surface area (Å²) in [7, 11) is 0. The molecule has 7 heterocycles. The van der Waals surface area contributed by atoms with Gasteiger partial charge in [-0.2, -0.15) is 0 Å². The second kappa shape index (κ2) is 25.3. The van der Waals surface area contributed by atoms with E-state index in [1.807, 2.05) is 149 Å². The van der Waals surface area contributed by atoms with E-state index < -0.39 is 5.20 Å². The first-order chi connectivity index (χ1) is 39.9. The molecule has 6 aromatic carbocycles. The molecule has 2 N–H and O–H groups in total. The highest BCUT2D eigenvalue weighted by Gasteiger charge is 2.19. The summed E-state index contributed by atoms with van der Waals surface area (Å²) >= 11 is 20.2. The van der Waals surface area contributed by atoms with Gasteiger partial charge in [0.1, 0.15) is 17.3 Å². The van der Waals surface area contributed by atoms with Crippen molar-refractivity contribution in [1.82, 2.24) is 49.1 Å². The molecule has 21 heteroatoms. The van der Waals surface area contributed by atoms with Crippen LogP contribution in [0.5, 0.6) is 0 Å². The van der Waals surface area contributed by atoms with Gasteiger partial charge in [-0.05, 0) is 169 Å². The molecule has 0 bridgehead atoms. The number of nitrogens with zero attached hydrogens (tertiary/aromatic N) is 9. The van der Waals surface area contributed by atoms with Crippen molar-refractivity contribution in [3.63, 3.8) is 0 Å². The molecule has 0 saturated heterocycles. The van der Waals surface area contributed by atoms with E-state index in [0.717, 1.165) is 118 Å². The summed E-state index contributed by atoms with van der Waals surface area (Å²) in [6, 6.07) is 52.8. The quantitative estimate of drug-likeness (QED) is 0.117. The van der Waals surface area contributed by atoms with Gasteiger partial charge in [0.2, 0.25) is 11.2 Å². The maximum Gasteiger partial charge on any atom is 0.339 e. The summed E-state index contributed by atoms with van der Waals surface area (Å²) in [5.74, 6) is 3.18. The number of H-pyrrole nitrogens is 1. The molecule has 420 valence electrons. The number of hydrogen-bond acceptors (Lipinski definition) is 12. The van der Waals surface area contributed by atoms with Gasteiger partial charge in [0.15, 0.2) is 0 Å². The Balaban J connectivity index is 0.000000134. The number of anilines is 2. The molecule has 13 aromatic rings. The smallest absolute Gasteiger partial charge is 0.339 e. The predicted octanol–water partition coefficient (Wildman–Crippen LogP) is 17.0. The number of aryl methyl sites for hydroxylation is 6. The van der Waals surface area contributed by atoms with E-state index >= 15 is 0 Å². The van der Waals surface area contributed by atoms with Crippen LogP contribution in [0.25, 0.3) is 66.5 Å². The number of fused-ring (bicyclic) bond motifs is 3. The van der Waals surface area contributed by atoms with E-state index in [4.69, 9.17) is 30.2 Å². The molecule has 0 atom stereocenters. The van der Waals surface area contributed by atoms with Crippen LogP contribution in [0.15, 0.2) is 188 Å². The molecule has 13 rings (SSSR count). The Labute approximate surface area is 496 Å². The summed E-state index contributed by atoms with van der Waals surface area (Å²) < 4.78 is 31.4. The Kier molecular flexibility index (Phi) is 17.6. The molecule has 83 heavy (non-hydrogen) atoms. The number of nitrogens with one attached hydrogen (secondary N) is 2. The van der Waals surface area contributed by atoms with Crippen LogP contribution in [0.2, 0.25) is 5.28 Å². The Morgan fingerprint density at radius 2 is 0.940 bits per heavy atom. The molecule has 0 saturated carbocycles. The van der Waals surface area contributed by atoms with Crippen LogP contribution in [-0.4, -0.2) is 49.1 Å². The highest BCUT2D eigenvalue weighted by molar-refractivity contribution is 8.24. The molecule has 0 fully saturated rings. The SMILES string of the molecule is Cc1noc(C)c1-c1ccc2[nH]c(=O)n(Cc3ccccc3)c2c1.Cc1noc(C)c1-c1ccc2nc(Cl)n(Cc3ccccc3)c2c1.Cc1noc(C)c1-c1ccc2nc(Nc3cccnc3)n(Cc3ccccc3)c2c1.O=P(Cl)(Cl)Cl. The van der Waals surface area contributed by atoms with Gasteiger partial charge in [-0.25, -0.2) is 14.8 Å². The van der Waals surface area contributed by atoms with E-state index in [0.29, 0.717) is 24.9 Å². The second-order valence-electron chi connectivity index (χ2n) is 19.5. The van der Waals surface area contributed by atoms with Crippen molar-refractivity contribution < 1.29 is 18.1 Å². The highest BCUT2D eigenvalue weighted by atomic mass is 36.0. The van der Waals surface area contributed by atoms with Gasteiger partial charge in [-0.15, -0.1) is 0 Å². The molecular formula is C62H54Cl4N11O5P. The van der Waals surface area contributed by atoms with Gasteiger partial charge in [0, 0.05) is 22.9 Å². The van der Waals surface area contributed by atoms with E-state index in [9.17, 15) is 9.36 Å². The van der Waals surface area contributed by atoms with Crippen LogP contribution in [0.4, 0.5) is 11.6 Å². The van der Waals surface area contributed by atoms with Crippen LogP contribution >= 0.6 is 50.5 Å². The van der Waals surface area contributed by atoms with Crippen molar-refractivity contribution in [3.8, 4) is 33.4 Å². The topological polar surface area (TPSA) is 194 Å². The standard InChI is InChI=1S/C24H21N5O.C19H16ClN3O.C19H17N3O2.Cl3OP/c1-16-23(17(2)30-28-16)19-10-11-21-22(13-19)29(15-18-7-4-3-5-8-18)24(27-21)26-20-9-6-12-25-14-20;1-12-18(13(2)24-22-12)15-8-9-16-17(10-15)23(19(20)21-16)11-14-6-4-3-5-7-14;1-12-18(13(2)24-21-12)15-8-9-16-17(10-15)22(19(23)20-16)11-14-6-4-3-5-7-14;1-5(2,3)4/h3-14H,15H2,1-2H3,(H,26,27);3-10H,11H2,1-2H3;3-10H,11H2,1-2H3,(H,20,23);. The van der Waals surface area contributed by atoms with Crippen molar-refractivity contribution in [3.05, 3.63) is 237 Å². The Hall–Kier alpha value is -8.50. The molecule has 0 aliphatic carbocycles. The zero-order valence-electron chi connectivity index (χ0n) is 45.8. The average molecular weight is 1210 g/mol. The number of rotatable bonds is 11. The summed E-state index contributed by atoms with van der Waals surface area (Å²) in [6.07, 6.45) is 3.55. The monoisotopic (exact) mass is 1200 g/mol. The van der Waals surface area contributed by atoms with Crippen LogP contribution in [-0.2, 0) is 24.2 Å². The van der Waals surface area contributed by atoms with Crippen molar-refractivity contribution in [1.29, 1.82) is 0 Å². The number of imidazole rings is 3. The number of benzene rings is 6. The fourth-order valence-corrected chi connectivity index (χ4v) is 10.2. The third kappa shape index (κ3) is 13.7. The van der Waals surface area contributed by atoms with E-state index in [1.165, 1.54) is 11.1 Å². The number of pyridine rings is 1. The molecule has 0 aliphatic rings. The van der Waals surface area contributed by atoms with Gasteiger partial charge in [-0.3, -0.25) is 14.1 Å². The minimum atomic E-state index is -3.22. The number of halogens is 4. The highest BCUT2D eigenvalue weighted by Crippen LogP contribution is 2.61. The predicted molar refractivity (Wildman–Crippen MR) is 331 cm³/mol. The maximum atomic E-state index is 12.4. The molecule has 7 aromatic heterocycles. The first-order valence-electron chi connectivity index (χ1n) is 26.1. The Morgan fingerprint density at radius 1 is 0.518 bits per heavy atom. The average Bonchev–Trinajstić information content (AvgIpc) is 2.89. The van der Waals surface area contributed by atoms with Crippen molar-refractivity contribution in [2.24, 2.45) is 0 Å². The summed E-state index contributed by atoms with van der Waals surface area (Å²) in [4.78, 5) is 28.8. The molecule has 0 spiro atoms. The molecule has 0 radical (unpaired) electrons.